The fraction of sp³-hybridized carbons (Fsp3) is 0.130. The number of aromatic nitrogens is 2. The molecular weight excluding hydrogens is 366 g/mol. The summed E-state index contributed by atoms with van der Waals surface area (Å²) >= 11 is 0. The van der Waals surface area contributed by atoms with Crippen molar-refractivity contribution in [1.82, 2.24) is 14.5 Å². The van der Waals surface area contributed by atoms with Gasteiger partial charge in [-0.25, -0.2) is 0 Å². The molecule has 5 rings (SSSR count). The summed E-state index contributed by atoms with van der Waals surface area (Å²) in [4.78, 5) is 31.3. The van der Waals surface area contributed by atoms with Crippen molar-refractivity contribution in [2.45, 2.75) is 12.8 Å². The molecule has 1 N–H and O–H groups in total. The van der Waals surface area contributed by atoms with Gasteiger partial charge in [0.15, 0.2) is 0 Å². The Morgan fingerprint density at radius 3 is 2.48 bits per heavy atom. The fourth-order valence-electron chi connectivity index (χ4n) is 4.01. The smallest absolute Gasteiger partial charge is 0.279 e. The van der Waals surface area contributed by atoms with Crippen LogP contribution in [-0.4, -0.2) is 27.5 Å². The molecule has 6 nitrogen and oxygen atoms in total. The van der Waals surface area contributed by atoms with Crippen LogP contribution in [-0.2, 0) is 10.6 Å². The molecule has 1 aliphatic heterocycles. The second-order valence-corrected chi connectivity index (χ2v) is 7.17. The summed E-state index contributed by atoms with van der Waals surface area (Å²) in [6, 6.07) is 19.1. The normalized spacial score (nSPS) is 19.0. The number of carbonyl (C=O) groups is 1. The van der Waals surface area contributed by atoms with Crippen molar-refractivity contribution in [3.8, 4) is 0 Å². The Balaban J connectivity index is 1.72. The lowest BCUT2D eigenvalue weighted by atomic mass is 10.1. The predicted molar refractivity (Wildman–Crippen MR) is 112 cm³/mol. The van der Waals surface area contributed by atoms with Gasteiger partial charge in [-0.15, -0.1) is 0 Å². The Labute approximate surface area is 166 Å². The quantitative estimate of drug-likeness (QED) is 0.582. The zero-order chi connectivity index (χ0) is 20.2. The van der Waals surface area contributed by atoms with Crippen LogP contribution in [0.5, 0.6) is 0 Å². The zero-order valence-electron chi connectivity index (χ0n) is 16.0. The molecule has 1 atom stereocenters. The first-order valence-electron chi connectivity index (χ1n) is 9.33. The Morgan fingerprint density at radius 1 is 1.00 bits per heavy atom. The van der Waals surface area contributed by atoms with E-state index in [0.717, 1.165) is 21.9 Å². The van der Waals surface area contributed by atoms with E-state index in [9.17, 15) is 9.59 Å². The Morgan fingerprint density at radius 2 is 1.72 bits per heavy atom. The summed E-state index contributed by atoms with van der Waals surface area (Å²) in [5.41, 5.74) is 2.27. The number of ether oxygens (including phenoxy) is 1. The van der Waals surface area contributed by atoms with Crippen LogP contribution >= 0.6 is 0 Å². The SMILES string of the molecule is CO[C@@]1(C)N(/C=C\c2ccccc2)C(=O)c2cc3c([nH]c4ccccc43)c(=O)n21. The van der Waals surface area contributed by atoms with Gasteiger partial charge >= 0.3 is 0 Å². The lowest BCUT2D eigenvalue weighted by Crippen LogP contribution is -2.46. The summed E-state index contributed by atoms with van der Waals surface area (Å²) < 4.78 is 7.12. The topological polar surface area (TPSA) is 67.3 Å². The summed E-state index contributed by atoms with van der Waals surface area (Å²) in [5.74, 6) is -1.55. The number of nitrogens with zero attached hydrogens (tertiary/aromatic N) is 2. The van der Waals surface area contributed by atoms with Crippen molar-refractivity contribution >= 4 is 33.8 Å². The van der Waals surface area contributed by atoms with Crippen molar-refractivity contribution < 1.29 is 9.53 Å². The van der Waals surface area contributed by atoms with Gasteiger partial charge in [0.25, 0.3) is 11.5 Å². The number of benzene rings is 2. The monoisotopic (exact) mass is 385 g/mol. The number of para-hydroxylation sites is 1. The number of aromatic amines is 1. The van der Waals surface area contributed by atoms with Crippen molar-refractivity contribution in [2.75, 3.05) is 7.11 Å². The van der Waals surface area contributed by atoms with Gasteiger partial charge in [-0.2, -0.15) is 0 Å². The second-order valence-electron chi connectivity index (χ2n) is 7.17. The molecular formula is C23H19N3O3. The lowest BCUT2D eigenvalue weighted by Gasteiger charge is -2.32. The van der Waals surface area contributed by atoms with Crippen LogP contribution in [0.3, 0.4) is 0 Å². The van der Waals surface area contributed by atoms with E-state index in [-0.39, 0.29) is 11.5 Å². The van der Waals surface area contributed by atoms with E-state index in [1.54, 1.807) is 19.2 Å². The number of rotatable bonds is 3. The van der Waals surface area contributed by atoms with Crippen molar-refractivity contribution in [2.24, 2.45) is 0 Å². The molecule has 0 spiro atoms. The molecule has 0 unspecified atom stereocenters. The Kier molecular flexibility index (Phi) is 3.72. The average Bonchev–Trinajstić information content (AvgIpc) is 3.22. The Bertz CT molecular complexity index is 1350. The van der Waals surface area contributed by atoms with Gasteiger partial charge in [0.1, 0.15) is 11.2 Å². The number of pyridine rings is 1. The molecule has 29 heavy (non-hydrogen) atoms. The molecule has 0 saturated heterocycles. The van der Waals surface area contributed by atoms with Gasteiger partial charge in [0.05, 0.1) is 0 Å². The fourth-order valence-corrected chi connectivity index (χ4v) is 4.01. The van der Waals surface area contributed by atoms with Crippen LogP contribution in [0.4, 0.5) is 0 Å². The van der Waals surface area contributed by atoms with Crippen molar-refractivity contribution in [3.63, 3.8) is 0 Å². The number of hydrogen-bond acceptors (Lipinski definition) is 3. The van der Waals surface area contributed by atoms with Gasteiger partial charge in [-0.1, -0.05) is 48.5 Å². The van der Waals surface area contributed by atoms with Crippen LogP contribution in [0.15, 0.2) is 71.7 Å². The lowest BCUT2D eigenvalue weighted by molar-refractivity contribution is -0.135. The standard InChI is InChI=1S/C23H19N3O3/c1-23(29-2)25(13-12-15-8-4-3-5-9-15)21(27)19-14-17-16-10-6-7-11-18(16)24-20(17)22(28)26(19)23/h3-14,24H,1-2H3/b13-12-/t23-/m0/s1. The summed E-state index contributed by atoms with van der Waals surface area (Å²) in [7, 11) is 1.49. The molecule has 0 fully saturated rings. The molecule has 0 bridgehead atoms. The van der Waals surface area contributed by atoms with E-state index >= 15 is 0 Å². The van der Waals surface area contributed by atoms with Crippen LogP contribution in [0.25, 0.3) is 27.9 Å². The third-order valence-electron chi connectivity index (χ3n) is 5.59. The van der Waals surface area contributed by atoms with Crippen molar-refractivity contribution in [3.05, 3.63) is 88.5 Å². The molecule has 2 aromatic carbocycles. The number of fused-ring (bicyclic) bond motifs is 4. The predicted octanol–water partition coefficient (Wildman–Crippen LogP) is 3.89. The summed E-state index contributed by atoms with van der Waals surface area (Å²) in [6.45, 7) is 1.71. The number of nitrogens with one attached hydrogen (secondary N) is 1. The molecule has 2 aromatic heterocycles. The highest BCUT2D eigenvalue weighted by molar-refractivity contribution is 6.09. The average molecular weight is 385 g/mol. The number of amides is 1. The van der Waals surface area contributed by atoms with E-state index in [1.165, 1.54) is 16.6 Å². The van der Waals surface area contributed by atoms with Gasteiger partial charge in [0, 0.05) is 36.5 Å². The molecule has 0 aliphatic carbocycles. The minimum atomic E-state index is -1.26. The molecule has 0 saturated carbocycles. The summed E-state index contributed by atoms with van der Waals surface area (Å²) in [6.07, 6.45) is 3.49. The Hall–Kier alpha value is -3.64. The minimum absolute atomic E-state index is 0.286. The minimum Gasteiger partial charge on any atom is -0.350 e. The van der Waals surface area contributed by atoms with Gasteiger partial charge < -0.3 is 9.72 Å². The maximum Gasteiger partial charge on any atom is 0.279 e. The first-order chi connectivity index (χ1) is 14.0. The number of methoxy groups -OCH3 is 1. The molecule has 1 aliphatic rings. The highest BCUT2D eigenvalue weighted by Crippen LogP contribution is 2.35. The van der Waals surface area contributed by atoms with E-state index < -0.39 is 5.85 Å². The molecule has 0 radical (unpaired) electrons. The highest BCUT2D eigenvalue weighted by atomic mass is 16.5. The highest BCUT2D eigenvalue weighted by Gasteiger charge is 2.47. The molecule has 3 heterocycles. The number of carbonyl (C=O) groups excluding carboxylic acids is 1. The molecule has 6 heteroatoms. The van der Waals surface area contributed by atoms with Gasteiger partial charge in [-0.3, -0.25) is 19.1 Å². The molecule has 4 aromatic rings. The van der Waals surface area contributed by atoms with E-state index in [2.05, 4.69) is 4.98 Å². The van der Waals surface area contributed by atoms with Gasteiger partial charge in [0.2, 0.25) is 5.85 Å². The van der Waals surface area contributed by atoms with E-state index in [0.29, 0.717) is 11.2 Å². The van der Waals surface area contributed by atoms with Crippen LogP contribution in [0, 0.1) is 0 Å². The maximum atomic E-state index is 13.4. The molecule has 144 valence electrons. The van der Waals surface area contributed by atoms with Crippen LogP contribution < -0.4 is 5.56 Å². The number of hydrogen-bond donors (Lipinski definition) is 1. The zero-order valence-corrected chi connectivity index (χ0v) is 16.0. The largest absolute Gasteiger partial charge is 0.350 e. The first kappa shape index (κ1) is 17.5. The number of H-pyrrole nitrogens is 1. The van der Waals surface area contributed by atoms with Crippen LogP contribution in [0.2, 0.25) is 0 Å². The third-order valence-corrected chi connectivity index (χ3v) is 5.59. The second kappa shape index (κ2) is 6.18. The first-order valence-corrected chi connectivity index (χ1v) is 9.33. The van der Waals surface area contributed by atoms with E-state index in [1.807, 2.05) is 60.7 Å². The maximum absolute atomic E-state index is 13.4. The molecule has 1 amide bonds. The van der Waals surface area contributed by atoms with Crippen LogP contribution in [0.1, 0.15) is 23.0 Å². The van der Waals surface area contributed by atoms with Crippen molar-refractivity contribution in [1.29, 1.82) is 0 Å². The van der Waals surface area contributed by atoms with E-state index in [4.69, 9.17) is 4.74 Å². The third kappa shape index (κ3) is 2.39. The summed E-state index contributed by atoms with van der Waals surface area (Å²) in [5, 5.41) is 1.64. The van der Waals surface area contributed by atoms with Gasteiger partial charge in [-0.05, 0) is 23.8 Å².